The number of ether oxygens (including phenoxy) is 1. The third-order valence-corrected chi connectivity index (χ3v) is 4.92. The first-order valence-electron chi connectivity index (χ1n) is 8.71. The minimum Gasteiger partial charge on any atom is -0.381 e. The summed E-state index contributed by atoms with van der Waals surface area (Å²) >= 11 is 0. The number of carbonyl (C=O) groups is 1. The van der Waals surface area contributed by atoms with Crippen molar-refractivity contribution in [3.05, 3.63) is 41.6 Å². The zero-order valence-electron chi connectivity index (χ0n) is 14.1. The van der Waals surface area contributed by atoms with E-state index in [1.807, 2.05) is 4.90 Å². The van der Waals surface area contributed by atoms with Crippen molar-refractivity contribution in [2.75, 3.05) is 19.8 Å². The smallest absolute Gasteiger partial charge is 0.228 e. The highest BCUT2D eigenvalue weighted by atomic mass is 16.5. The van der Waals surface area contributed by atoms with Gasteiger partial charge < -0.3 is 9.64 Å². The van der Waals surface area contributed by atoms with E-state index in [1.54, 1.807) is 0 Å². The molecule has 1 aromatic carbocycles. The molecule has 126 valence electrons. The molecular weight excluding hydrogens is 302 g/mol. The normalized spacial score (nSPS) is 20.7. The minimum atomic E-state index is 0.0377. The number of aromatic nitrogens is 2. The van der Waals surface area contributed by atoms with E-state index in [1.165, 1.54) is 5.56 Å². The zero-order chi connectivity index (χ0) is 16.5. The monoisotopic (exact) mass is 325 g/mol. The van der Waals surface area contributed by atoms with Gasteiger partial charge in [-0.1, -0.05) is 23.8 Å². The molecule has 2 aromatic rings. The van der Waals surface area contributed by atoms with Crippen LogP contribution in [0.1, 0.15) is 24.1 Å². The van der Waals surface area contributed by atoms with Crippen molar-refractivity contribution in [1.82, 2.24) is 14.7 Å². The van der Waals surface area contributed by atoms with Crippen LogP contribution in [0.25, 0.3) is 11.3 Å². The average molecular weight is 325 g/mol. The van der Waals surface area contributed by atoms with Crippen LogP contribution in [0.2, 0.25) is 0 Å². The standard InChI is InChI=1S/C19H23N3O2/c1-14-4-2-5-15(10-14)18-11-17-12-21(7-3-8-22(17)20-18)19(23)16-6-9-24-13-16/h2,4-5,10-11,16H,3,6-9,12-13H2,1H3. The average Bonchev–Trinajstić information content (AvgIpc) is 3.20. The highest BCUT2D eigenvalue weighted by molar-refractivity contribution is 5.79. The second kappa shape index (κ2) is 6.40. The van der Waals surface area contributed by atoms with E-state index in [0.717, 1.165) is 42.9 Å². The van der Waals surface area contributed by atoms with Crippen LogP contribution in [-0.4, -0.2) is 40.3 Å². The molecule has 0 N–H and O–H groups in total. The largest absolute Gasteiger partial charge is 0.381 e. The molecule has 1 saturated heterocycles. The van der Waals surface area contributed by atoms with Crippen molar-refractivity contribution < 1.29 is 9.53 Å². The molecule has 24 heavy (non-hydrogen) atoms. The van der Waals surface area contributed by atoms with Crippen molar-refractivity contribution in [3.8, 4) is 11.3 Å². The summed E-state index contributed by atoms with van der Waals surface area (Å²) in [6.07, 6.45) is 1.80. The third kappa shape index (κ3) is 2.96. The van der Waals surface area contributed by atoms with Crippen LogP contribution in [0.4, 0.5) is 0 Å². The summed E-state index contributed by atoms with van der Waals surface area (Å²) in [6.45, 7) is 5.69. The molecule has 0 saturated carbocycles. The maximum Gasteiger partial charge on any atom is 0.228 e. The molecule has 0 aliphatic carbocycles. The fraction of sp³-hybridized carbons (Fsp3) is 0.474. The Hall–Kier alpha value is -2.14. The molecule has 2 aliphatic heterocycles. The molecular formula is C19H23N3O2. The lowest BCUT2D eigenvalue weighted by Gasteiger charge is -2.22. The van der Waals surface area contributed by atoms with E-state index in [-0.39, 0.29) is 11.8 Å². The Balaban J connectivity index is 1.57. The van der Waals surface area contributed by atoms with Crippen molar-refractivity contribution >= 4 is 5.91 Å². The van der Waals surface area contributed by atoms with Gasteiger partial charge in [0, 0.05) is 25.3 Å². The number of carbonyl (C=O) groups excluding carboxylic acids is 1. The number of fused-ring (bicyclic) bond motifs is 1. The summed E-state index contributed by atoms with van der Waals surface area (Å²) in [6, 6.07) is 10.5. The van der Waals surface area contributed by atoms with Gasteiger partial charge in [-0.2, -0.15) is 5.10 Å². The number of amides is 1. The fourth-order valence-corrected chi connectivity index (χ4v) is 3.58. The molecule has 3 heterocycles. The van der Waals surface area contributed by atoms with E-state index >= 15 is 0 Å². The number of benzene rings is 1. The van der Waals surface area contributed by atoms with Crippen LogP contribution in [-0.2, 0) is 22.6 Å². The molecule has 1 unspecified atom stereocenters. The Labute approximate surface area is 142 Å². The van der Waals surface area contributed by atoms with Gasteiger partial charge in [-0.15, -0.1) is 0 Å². The first kappa shape index (κ1) is 15.4. The van der Waals surface area contributed by atoms with E-state index in [4.69, 9.17) is 9.84 Å². The molecule has 0 radical (unpaired) electrons. The molecule has 1 amide bonds. The summed E-state index contributed by atoms with van der Waals surface area (Å²) < 4.78 is 7.44. The Bertz CT molecular complexity index is 747. The first-order chi connectivity index (χ1) is 11.7. The quantitative estimate of drug-likeness (QED) is 0.853. The summed E-state index contributed by atoms with van der Waals surface area (Å²) in [7, 11) is 0. The Kier molecular flexibility index (Phi) is 4.10. The summed E-state index contributed by atoms with van der Waals surface area (Å²) in [5, 5.41) is 4.77. The highest BCUT2D eigenvalue weighted by Crippen LogP contribution is 2.24. The van der Waals surface area contributed by atoms with E-state index < -0.39 is 0 Å². The zero-order valence-corrected chi connectivity index (χ0v) is 14.1. The Morgan fingerprint density at radius 1 is 1.29 bits per heavy atom. The van der Waals surface area contributed by atoms with Gasteiger partial charge in [-0.3, -0.25) is 9.48 Å². The number of hydrogen-bond donors (Lipinski definition) is 0. The number of rotatable bonds is 2. The van der Waals surface area contributed by atoms with Crippen molar-refractivity contribution in [1.29, 1.82) is 0 Å². The van der Waals surface area contributed by atoms with Crippen LogP contribution in [0.15, 0.2) is 30.3 Å². The fourth-order valence-electron chi connectivity index (χ4n) is 3.58. The van der Waals surface area contributed by atoms with Crippen molar-refractivity contribution in [3.63, 3.8) is 0 Å². The number of aryl methyl sites for hydroxylation is 2. The second-order valence-electron chi connectivity index (χ2n) is 6.79. The maximum absolute atomic E-state index is 12.7. The van der Waals surface area contributed by atoms with Crippen LogP contribution >= 0.6 is 0 Å². The number of nitrogens with zero attached hydrogens (tertiary/aromatic N) is 3. The predicted molar refractivity (Wildman–Crippen MR) is 91.4 cm³/mol. The molecule has 1 fully saturated rings. The van der Waals surface area contributed by atoms with Gasteiger partial charge in [-0.05, 0) is 31.9 Å². The molecule has 2 aliphatic rings. The highest BCUT2D eigenvalue weighted by Gasteiger charge is 2.29. The van der Waals surface area contributed by atoms with Gasteiger partial charge in [0.1, 0.15) is 0 Å². The molecule has 0 spiro atoms. The summed E-state index contributed by atoms with van der Waals surface area (Å²) in [4.78, 5) is 14.7. The summed E-state index contributed by atoms with van der Waals surface area (Å²) in [5.41, 5.74) is 4.48. The number of hydrogen-bond acceptors (Lipinski definition) is 3. The predicted octanol–water partition coefficient (Wildman–Crippen LogP) is 2.63. The van der Waals surface area contributed by atoms with Crippen molar-refractivity contribution in [2.45, 2.75) is 32.9 Å². The van der Waals surface area contributed by atoms with Gasteiger partial charge >= 0.3 is 0 Å². The molecule has 4 rings (SSSR count). The Morgan fingerprint density at radius 3 is 3.00 bits per heavy atom. The van der Waals surface area contributed by atoms with Crippen LogP contribution in [0.3, 0.4) is 0 Å². The first-order valence-corrected chi connectivity index (χ1v) is 8.71. The van der Waals surface area contributed by atoms with Gasteiger partial charge in [0.15, 0.2) is 0 Å². The SMILES string of the molecule is Cc1cccc(-c2cc3n(n2)CCCN(C(=O)C2CCOC2)C3)c1. The minimum absolute atomic E-state index is 0.0377. The second-order valence-corrected chi connectivity index (χ2v) is 6.79. The van der Waals surface area contributed by atoms with Gasteiger partial charge in [0.2, 0.25) is 5.91 Å². The van der Waals surface area contributed by atoms with E-state index in [0.29, 0.717) is 19.8 Å². The molecule has 0 bridgehead atoms. The Morgan fingerprint density at radius 2 is 2.21 bits per heavy atom. The van der Waals surface area contributed by atoms with E-state index in [9.17, 15) is 4.79 Å². The van der Waals surface area contributed by atoms with Crippen LogP contribution in [0, 0.1) is 12.8 Å². The lowest BCUT2D eigenvalue weighted by atomic mass is 10.1. The summed E-state index contributed by atoms with van der Waals surface area (Å²) in [5.74, 6) is 0.273. The molecule has 1 atom stereocenters. The molecule has 5 nitrogen and oxygen atoms in total. The van der Waals surface area contributed by atoms with E-state index in [2.05, 4.69) is 41.9 Å². The maximum atomic E-state index is 12.7. The third-order valence-electron chi connectivity index (χ3n) is 4.92. The molecule has 5 heteroatoms. The van der Waals surface area contributed by atoms with Crippen molar-refractivity contribution in [2.24, 2.45) is 5.92 Å². The molecule has 1 aromatic heterocycles. The lowest BCUT2D eigenvalue weighted by molar-refractivity contribution is -0.136. The van der Waals surface area contributed by atoms with Gasteiger partial charge in [0.05, 0.1) is 30.5 Å². The topological polar surface area (TPSA) is 47.4 Å². The van der Waals surface area contributed by atoms with Crippen LogP contribution < -0.4 is 0 Å². The van der Waals surface area contributed by atoms with Gasteiger partial charge in [0.25, 0.3) is 0 Å². The lowest BCUT2D eigenvalue weighted by Crippen LogP contribution is -2.36. The van der Waals surface area contributed by atoms with Crippen LogP contribution in [0.5, 0.6) is 0 Å². The van der Waals surface area contributed by atoms with Gasteiger partial charge in [-0.25, -0.2) is 0 Å².